The number of carboxylic acid groups (broad SMARTS) is 1. The summed E-state index contributed by atoms with van der Waals surface area (Å²) < 4.78 is 9.01. The summed E-state index contributed by atoms with van der Waals surface area (Å²) in [5.41, 5.74) is 0. The first kappa shape index (κ1) is 7.52. The number of carbonyl (C=O) groups is 1. The molecule has 1 aromatic heterocycles. The summed E-state index contributed by atoms with van der Waals surface area (Å²) in [5, 5.41) is 11.6. The van der Waals surface area contributed by atoms with Gasteiger partial charge in [-0.05, 0) is 0 Å². The molecule has 0 aliphatic carbocycles. The van der Waals surface area contributed by atoms with E-state index in [1.165, 1.54) is 7.11 Å². The van der Waals surface area contributed by atoms with Crippen molar-refractivity contribution in [3.8, 4) is 6.08 Å². The molecule has 0 aromatic carbocycles. The van der Waals surface area contributed by atoms with E-state index in [9.17, 15) is 4.79 Å². The van der Waals surface area contributed by atoms with Crippen molar-refractivity contribution in [3.05, 3.63) is 5.82 Å². The summed E-state index contributed by atoms with van der Waals surface area (Å²) in [6, 6.07) is 0. The normalized spacial score (nSPS) is 9.55. The van der Waals surface area contributed by atoms with Crippen LogP contribution in [0.15, 0.2) is 4.52 Å². The maximum Gasteiger partial charge on any atom is 0.417 e. The van der Waals surface area contributed by atoms with Crippen LogP contribution in [-0.2, 0) is 11.2 Å². The molecule has 0 radical (unpaired) electrons. The van der Waals surface area contributed by atoms with Crippen molar-refractivity contribution in [1.29, 1.82) is 0 Å². The Morgan fingerprint density at radius 3 is 3.00 bits per heavy atom. The second-order valence-corrected chi connectivity index (χ2v) is 1.75. The molecule has 6 nitrogen and oxygen atoms in total. The zero-order chi connectivity index (χ0) is 8.27. The SMILES string of the molecule is COc1nc(CC(=O)O)no1. The molecule has 1 rings (SSSR count). The van der Waals surface area contributed by atoms with Gasteiger partial charge in [0.15, 0.2) is 5.82 Å². The van der Waals surface area contributed by atoms with Crippen molar-refractivity contribution in [2.24, 2.45) is 0 Å². The highest BCUT2D eigenvalue weighted by atomic mass is 16.6. The van der Waals surface area contributed by atoms with E-state index in [0.29, 0.717) is 0 Å². The Bertz CT molecular complexity index is 257. The van der Waals surface area contributed by atoms with Crippen LogP contribution in [0.4, 0.5) is 0 Å². The molecule has 0 aliphatic rings. The topological polar surface area (TPSA) is 85.5 Å². The second-order valence-electron chi connectivity index (χ2n) is 1.75. The summed E-state index contributed by atoms with van der Waals surface area (Å²) in [4.78, 5) is 13.7. The zero-order valence-corrected chi connectivity index (χ0v) is 5.77. The number of carboxylic acids is 1. The van der Waals surface area contributed by atoms with Gasteiger partial charge >= 0.3 is 12.0 Å². The van der Waals surface area contributed by atoms with E-state index in [4.69, 9.17) is 5.11 Å². The van der Waals surface area contributed by atoms with Crippen molar-refractivity contribution in [2.75, 3.05) is 7.11 Å². The third-order valence-corrected chi connectivity index (χ3v) is 0.933. The molecule has 0 saturated carbocycles. The van der Waals surface area contributed by atoms with E-state index in [1.54, 1.807) is 0 Å². The largest absolute Gasteiger partial charge is 0.481 e. The molecule has 60 valence electrons. The lowest BCUT2D eigenvalue weighted by Gasteiger charge is -1.83. The molecule has 11 heavy (non-hydrogen) atoms. The maximum absolute atomic E-state index is 10.1. The predicted octanol–water partition coefficient (Wildman–Crippen LogP) is -0.295. The summed E-state index contributed by atoms with van der Waals surface area (Å²) in [6.45, 7) is 0. The van der Waals surface area contributed by atoms with Gasteiger partial charge in [0.25, 0.3) is 0 Å². The van der Waals surface area contributed by atoms with Gasteiger partial charge in [0.1, 0.15) is 6.42 Å². The lowest BCUT2D eigenvalue weighted by molar-refractivity contribution is -0.136. The fraction of sp³-hybridized carbons (Fsp3) is 0.400. The monoisotopic (exact) mass is 158 g/mol. The Hall–Kier alpha value is -1.59. The van der Waals surface area contributed by atoms with E-state index < -0.39 is 5.97 Å². The molecular formula is C5H6N2O4. The minimum Gasteiger partial charge on any atom is -0.481 e. The summed E-state index contributed by atoms with van der Waals surface area (Å²) in [7, 11) is 1.36. The number of rotatable bonds is 3. The molecule has 0 fully saturated rings. The third kappa shape index (κ3) is 1.92. The summed E-state index contributed by atoms with van der Waals surface area (Å²) in [6.07, 6.45) is -0.284. The average molecular weight is 158 g/mol. The van der Waals surface area contributed by atoms with E-state index in [0.717, 1.165) is 0 Å². The van der Waals surface area contributed by atoms with Gasteiger partial charge in [-0.3, -0.25) is 9.32 Å². The molecule has 1 aromatic rings. The van der Waals surface area contributed by atoms with Gasteiger partial charge in [0.2, 0.25) is 0 Å². The van der Waals surface area contributed by atoms with Crippen molar-refractivity contribution in [1.82, 2.24) is 10.1 Å². The van der Waals surface area contributed by atoms with E-state index >= 15 is 0 Å². The first-order valence-corrected chi connectivity index (χ1v) is 2.80. The molecule has 0 spiro atoms. The number of aromatic nitrogens is 2. The average Bonchev–Trinajstić information content (AvgIpc) is 2.34. The van der Waals surface area contributed by atoms with Crippen LogP contribution in [0.1, 0.15) is 5.82 Å². The molecule has 0 amide bonds. The van der Waals surface area contributed by atoms with Crippen LogP contribution < -0.4 is 4.74 Å². The van der Waals surface area contributed by atoms with Gasteiger partial charge in [0.05, 0.1) is 7.11 Å². The smallest absolute Gasteiger partial charge is 0.417 e. The van der Waals surface area contributed by atoms with E-state index in [2.05, 4.69) is 19.4 Å². The number of nitrogens with zero attached hydrogens (tertiary/aromatic N) is 2. The molecular weight excluding hydrogens is 152 g/mol. The Morgan fingerprint density at radius 1 is 1.82 bits per heavy atom. The minimum absolute atomic E-state index is 0.0266. The zero-order valence-electron chi connectivity index (χ0n) is 5.77. The highest BCUT2D eigenvalue weighted by Crippen LogP contribution is 2.04. The molecule has 0 atom stereocenters. The number of aliphatic carboxylic acids is 1. The van der Waals surface area contributed by atoms with Crippen molar-refractivity contribution in [2.45, 2.75) is 6.42 Å². The molecule has 6 heteroatoms. The first-order valence-electron chi connectivity index (χ1n) is 2.80. The van der Waals surface area contributed by atoms with Gasteiger partial charge in [-0.15, -0.1) is 0 Å². The standard InChI is InChI=1S/C5H6N2O4/c1-10-5-6-3(7-11-5)2-4(8)9/h2H2,1H3,(H,8,9). The highest BCUT2D eigenvalue weighted by Gasteiger charge is 2.08. The second kappa shape index (κ2) is 3.00. The van der Waals surface area contributed by atoms with Crippen LogP contribution in [0.5, 0.6) is 6.08 Å². The maximum atomic E-state index is 10.1. The van der Waals surface area contributed by atoms with Gasteiger partial charge in [-0.2, -0.15) is 4.98 Å². The van der Waals surface area contributed by atoms with E-state index in [1.807, 2.05) is 0 Å². The van der Waals surface area contributed by atoms with Crippen molar-refractivity contribution >= 4 is 5.97 Å². The van der Waals surface area contributed by atoms with Gasteiger partial charge < -0.3 is 9.84 Å². The van der Waals surface area contributed by atoms with Gasteiger partial charge in [-0.1, -0.05) is 5.16 Å². The summed E-state index contributed by atoms with van der Waals surface area (Å²) >= 11 is 0. The van der Waals surface area contributed by atoms with Crippen molar-refractivity contribution in [3.63, 3.8) is 0 Å². The van der Waals surface area contributed by atoms with Gasteiger partial charge in [0, 0.05) is 0 Å². The molecule has 1 N–H and O–H groups in total. The van der Waals surface area contributed by atoms with Crippen LogP contribution in [0.25, 0.3) is 0 Å². The summed E-state index contributed by atoms with van der Waals surface area (Å²) in [5.74, 6) is -0.900. The molecule has 0 bridgehead atoms. The first-order chi connectivity index (χ1) is 5.22. The third-order valence-electron chi connectivity index (χ3n) is 0.933. The molecule has 0 aliphatic heterocycles. The Morgan fingerprint density at radius 2 is 2.55 bits per heavy atom. The van der Waals surface area contributed by atoms with Gasteiger partial charge in [-0.25, -0.2) is 0 Å². The quantitative estimate of drug-likeness (QED) is 0.650. The van der Waals surface area contributed by atoms with Crippen LogP contribution in [0, 0.1) is 0 Å². The lowest BCUT2D eigenvalue weighted by atomic mass is 10.4. The number of methoxy groups -OCH3 is 1. The van der Waals surface area contributed by atoms with E-state index in [-0.39, 0.29) is 18.3 Å². The van der Waals surface area contributed by atoms with Crippen LogP contribution in [0.3, 0.4) is 0 Å². The number of hydrogen-bond acceptors (Lipinski definition) is 5. The fourth-order valence-corrected chi connectivity index (χ4v) is 0.528. The van der Waals surface area contributed by atoms with Crippen LogP contribution in [-0.4, -0.2) is 28.3 Å². The Balaban J connectivity index is 2.65. The Labute approximate surface area is 61.8 Å². The number of ether oxygens (including phenoxy) is 1. The molecule has 0 saturated heterocycles. The van der Waals surface area contributed by atoms with Crippen LogP contribution >= 0.6 is 0 Å². The van der Waals surface area contributed by atoms with Crippen molar-refractivity contribution < 1.29 is 19.2 Å². The fourth-order valence-electron chi connectivity index (χ4n) is 0.528. The predicted molar refractivity (Wildman–Crippen MR) is 32.2 cm³/mol. The minimum atomic E-state index is -1.01. The number of hydrogen-bond donors (Lipinski definition) is 1. The highest BCUT2D eigenvalue weighted by molar-refractivity contribution is 5.68. The lowest BCUT2D eigenvalue weighted by Crippen LogP contribution is -2.01. The molecule has 1 heterocycles. The molecule has 0 unspecified atom stereocenters. The van der Waals surface area contributed by atoms with Crippen LogP contribution in [0.2, 0.25) is 0 Å². The Kier molecular flexibility index (Phi) is 2.05.